The number of methoxy groups -OCH3 is 1. The molecule has 0 aromatic carbocycles. The highest BCUT2D eigenvalue weighted by atomic mass is 16.5. The number of hydrogen-bond donors (Lipinski definition) is 1. The molecule has 1 saturated heterocycles. The molecule has 0 aliphatic carbocycles. The summed E-state index contributed by atoms with van der Waals surface area (Å²) >= 11 is 0. The normalized spacial score (nSPS) is 21.5. The monoisotopic (exact) mass is 354 g/mol. The van der Waals surface area contributed by atoms with Crippen LogP contribution in [0.5, 0.6) is 0 Å². The Morgan fingerprint density at radius 3 is 2.76 bits per heavy atom. The number of unbranched alkanes of at least 4 members (excludes halogenated alkanes) is 5. The van der Waals surface area contributed by atoms with Gasteiger partial charge in [0.05, 0.1) is 25.7 Å². The zero-order valence-electron chi connectivity index (χ0n) is 15.7. The van der Waals surface area contributed by atoms with Crippen molar-refractivity contribution < 1.29 is 24.2 Å². The molecule has 1 rings (SSSR count). The minimum Gasteiger partial charge on any atom is -0.469 e. The summed E-state index contributed by atoms with van der Waals surface area (Å²) in [6, 6.07) is 0. The van der Waals surface area contributed by atoms with Gasteiger partial charge in [-0.1, -0.05) is 57.6 Å². The van der Waals surface area contributed by atoms with Gasteiger partial charge >= 0.3 is 11.9 Å². The Balaban J connectivity index is 2.26. The standard InChI is InChI=1S/C20H34O5/c1-3-4-7-10-17(21)14-13-16-15-25-20(23)18(16)11-8-5-6-9-12-19(22)24-2/h13-14,16-18,21H,3-12,15H2,1-2H3/b14-13+/t16-,17-,18+/m0/s1. The van der Waals surface area contributed by atoms with Crippen molar-refractivity contribution in [1.29, 1.82) is 0 Å². The Morgan fingerprint density at radius 2 is 2.04 bits per heavy atom. The summed E-state index contributed by atoms with van der Waals surface area (Å²) in [5.41, 5.74) is 0. The first-order valence-corrected chi connectivity index (χ1v) is 9.68. The molecule has 25 heavy (non-hydrogen) atoms. The highest BCUT2D eigenvalue weighted by Gasteiger charge is 2.34. The van der Waals surface area contributed by atoms with E-state index in [1.54, 1.807) is 0 Å². The van der Waals surface area contributed by atoms with Crippen molar-refractivity contribution in [2.75, 3.05) is 13.7 Å². The lowest BCUT2D eigenvalue weighted by Gasteiger charge is -2.12. The molecule has 0 aromatic rings. The molecular formula is C20H34O5. The van der Waals surface area contributed by atoms with Crippen LogP contribution in [0.3, 0.4) is 0 Å². The van der Waals surface area contributed by atoms with E-state index >= 15 is 0 Å². The van der Waals surface area contributed by atoms with Crippen molar-refractivity contribution in [3.8, 4) is 0 Å². The zero-order chi connectivity index (χ0) is 18.5. The molecule has 3 atom stereocenters. The van der Waals surface area contributed by atoms with E-state index in [2.05, 4.69) is 11.7 Å². The van der Waals surface area contributed by atoms with Crippen LogP contribution in [0, 0.1) is 11.8 Å². The lowest BCUT2D eigenvalue weighted by atomic mass is 9.89. The maximum absolute atomic E-state index is 11.9. The van der Waals surface area contributed by atoms with Gasteiger partial charge in [-0.3, -0.25) is 9.59 Å². The van der Waals surface area contributed by atoms with Crippen LogP contribution in [0.4, 0.5) is 0 Å². The molecule has 0 unspecified atom stereocenters. The van der Waals surface area contributed by atoms with E-state index in [0.29, 0.717) is 13.0 Å². The summed E-state index contributed by atoms with van der Waals surface area (Å²) in [6.07, 6.45) is 12.4. The number of aliphatic hydroxyl groups excluding tert-OH is 1. The molecular weight excluding hydrogens is 320 g/mol. The molecule has 1 fully saturated rings. The molecule has 0 saturated carbocycles. The fraction of sp³-hybridized carbons (Fsp3) is 0.800. The molecule has 0 bridgehead atoms. The van der Waals surface area contributed by atoms with Crippen LogP contribution in [0.2, 0.25) is 0 Å². The molecule has 1 N–H and O–H groups in total. The number of ether oxygens (including phenoxy) is 2. The Labute approximate surface area is 151 Å². The fourth-order valence-corrected chi connectivity index (χ4v) is 3.16. The van der Waals surface area contributed by atoms with Crippen molar-refractivity contribution in [2.45, 2.75) is 77.2 Å². The predicted octanol–water partition coefficient (Wildman–Crippen LogP) is 3.79. The first-order valence-electron chi connectivity index (χ1n) is 9.68. The second kappa shape index (κ2) is 12.9. The van der Waals surface area contributed by atoms with E-state index in [9.17, 15) is 14.7 Å². The van der Waals surface area contributed by atoms with Crippen LogP contribution >= 0.6 is 0 Å². The number of rotatable bonds is 13. The Hall–Kier alpha value is -1.36. The van der Waals surface area contributed by atoms with Gasteiger partial charge < -0.3 is 14.6 Å². The summed E-state index contributed by atoms with van der Waals surface area (Å²) in [5.74, 6) is -0.310. The van der Waals surface area contributed by atoms with Crippen LogP contribution < -0.4 is 0 Å². The van der Waals surface area contributed by atoms with Gasteiger partial charge in [-0.2, -0.15) is 0 Å². The summed E-state index contributed by atoms with van der Waals surface area (Å²) in [4.78, 5) is 22.9. The topological polar surface area (TPSA) is 72.8 Å². The van der Waals surface area contributed by atoms with Crippen molar-refractivity contribution in [3.63, 3.8) is 0 Å². The van der Waals surface area contributed by atoms with E-state index in [1.165, 1.54) is 7.11 Å². The van der Waals surface area contributed by atoms with Gasteiger partial charge in [0.2, 0.25) is 0 Å². The van der Waals surface area contributed by atoms with E-state index in [-0.39, 0.29) is 23.8 Å². The maximum Gasteiger partial charge on any atom is 0.309 e. The third kappa shape index (κ3) is 9.05. The highest BCUT2D eigenvalue weighted by Crippen LogP contribution is 2.29. The molecule has 5 heteroatoms. The van der Waals surface area contributed by atoms with Gasteiger partial charge in [0, 0.05) is 12.3 Å². The number of hydrogen-bond acceptors (Lipinski definition) is 5. The summed E-state index contributed by atoms with van der Waals surface area (Å²) < 4.78 is 9.82. The Bertz CT molecular complexity index is 418. The molecule has 0 spiro atoms. The third-order valence-electron chi connectivity index (χ3n) is 4.80. The quantitative estimate of drug-likeness (QED) is 0.309. The van der Waals surface area contributed by atoms with E-state index in [0.717, 1.165) is 57.8 Å². The first-order chi connectivity index (χ1) is 12.1. The highest BCUT2D eigenvalue weighted by molar-refractivity contribution is 5.75. The number of esters is 2. The van der Waals surface area contributed by atoms with Crippen LogP contribution in [0.1, 0.15) is 71.1 Å². The Morgan fingerprint density at radius 1 is 1.28 bits per heavy atom. The summed E-state index contributed by atoms with van der Waals surface area (Å²) in [6.45, 7) is 2.56. The number of cyclic esters (lactones) is 1. The molecule has 1 heterocycles. The van der Waals surface area contributed by atoms with E-state index < -0.39 is 6.10 Å². The van der Waals surface area contributed by atoms with Gasteiger partial charge in [0.25, 0.3) is 0 Å². The Kier molecular flexibility index (Phi) is 11.2. The van der Waals surface area contributed by atoms with Crippen molar-refractivity contribution >= 4 is 11.9 Å². The van der Waals surface area contributed by atoms with E-state index in [1.807, 2.05) is 12.2 Å². The van der Waals surface area contributed by atoms with Gasteiger partial charge in [-0.15, -0.1) is 0 Å². The maximum atomic E-state index is 11.9. The van der Waals surface area contributed by atoms with E-state index in [4.69, 9.17) is 4.74 Å². The SMILES string of the molecule is CCCCC[C@H](O)/C=C/[C@H]1COC(=O)[C@@H]1CCCCCCC(=O)OC. The van der Waals surface area contributed by atoms with Gasteiger partial charge in [-0.25, -0.2) is 0 Å². The largest absolute Gasteiger partial charge is 0.469 e. The summed E-state index contributed by atoms with van der Waals surface area (Å²) in [5, 5.41) is 9.98. The van der Waals surface area contributed by atoms with Crippen molar-refractivity contribution in [2.24, 2.45) is 11.8 Å². The zero-order valence-corrected chi connectivity index (χ0v) is 15.7. The van der Waals surface area contributed by atoms with Crippen LogP contribution in [0.15, 0.2) is 12.2 Å². The van der Waals surface area contributed by atoms with Crippen LogP contribution in [-0.2, 0) is 19.1 Å². The second-order valence-electron chi connectivity index (χ2n) is 6.88. The first kappa shape index (κ1) is 21.7. The van der Waals surface area contributed by atoms with Crippen molar-refractivity contribution in [1.82, 2.24) is 0 Å². The lowest BCUT2D eigenvalue weighted by molar-refractivity contribution is -0.141. The predicted molar refractivity (Wildman–Crippen MR) is 96.9 cm³/mol. The third-order valence-corrected chi connectivity index (χ3v) is 4.80. The minimum atomic E-state index is -0.429. The molecule has 0 aromatic heterocycles. The lowest BCUT2D eigenvalue weighted by Crippen LogP contribution is -2.15. The molecule has 1 aliphatic rings. The molecule has 0 radical (unpaired) electrons. The van der Waals surface area contributed by atoms with Crippen LogP contribution in [0.25, 0.3) is 0 Å². The van der Waals surface area contributed by atoms with Gasteiger partial charge in [0.15, 0.2) is 0 Å². The fourth-order valence-electron chi connectivity index (χ4n) is 3.16. The van der Waals surface area contributed by atoms with Crippen LogP contribution in [-0.4, -0.2) is 36.9 Å². The average Bonchev–Trinajstić information content (AvgIpc) is 2.96. The minimum absolute atomic E-state index is 0.0726. The van der Waals surface area contributed by atoms with Gasteiger partial charge in [0.1, 0.15) is 0 Å². The molecule has 0 amide bonds. The second-order valence-corrected chi connectivity index (χ2v) is 6.88. The number of carbonyl (C=O) groups is 2. The molecule has 144 valence electrons. The molecule has 5 nitrogen and oxygen atoms in total. The number of aliphatic hydroxyl groups is 1. The average molecular weight is 354 g/mol. The molecule has 1 aliphatic heterocycles. The van der Waals surface area contributed by atoms with Gasteiger partial charge in [-0.05, 0) is 19.3 Å². The smallest absolute Gasteiger partial charge is 0.309 e. The number of carbonyl (C=O) groups excluding carboxylic acids is 2. The summed E-state index contributed by atoms with van der Waals surface area (Å²) in [7, 11) is 1.41. The van der Waals surface area contributed by atoms with Crippen molar-refractivity contribution in [3.05, 3.63) is 12.2 Å².